The molecule has 0 aromatic heterocycles. The Bertz CT molecular complexity index is 454. The third kappa shape index (κ3) is 3.95. The quantitative estimate of drug-likeness (QED) is 0.838. The van der Waals surface area contributed by atoms with Crippen LogP contribution in [0.3, 0.4) is 0 Å². The van der Waals surface area contributed by atoms with E-state index in [1.54, 1.807) is 0 Å². The third-order valence-electron chi connectivity index (χ3n) is 4.17. The first kappa shape index (κ1) is 14.4. The molecule has 114 valence electrons. The smallest absolute Gasteiger partial charge is 0.339 e. The molecule has 2 N–H and O–H groups in total. The molecule has 5 nitrogen and oxygen atoms in total. The van der Waals surface area contributed by atoms with Gasteiger partial charge in [-0.3, -0.25) is 0 Å². The molecule has 3 rings (SSSR count). The lowest BCUT2D eigenvalue weighted by atomic mass is 9.76. The van der Waals surface area contributed by atoms with Crippen LogP contribution >= 0.6 is 0 Å². The Morgan fingerprint density at radius 1 is 1.19 bits per heavy atom. The lowest BCUT2D eigenvalue weighted by Gasteiger charge is -2.36. The van der Waals surface area contributed by atoms with Crippen molar-refractivity contribution in [2.24, 2.45) is 0 Å². The first-order valence-electron chi connectivity index (χ1n) is 7.70. The molecule has 1 saturated heterocycles. The second-order valence-corrected chi connectivity index (χ2v) is 5.77. The molecular formula is C16H22N2O3. The number of amides is 2. The van der Waals surface area contributed by atoms with Gasteiger partial charge in [0.05, 0.1) is 0 Å². The maximum Gasteiger partial charge on any atom is 0.339 e. The molecule has 2 aliphatic rings. The number of hydrogen-bond acceptors (Lipinski definition) is 3. The summed E-state index contributed by atoms with van der Waals surface area (Å²) in [5.41, 5.74) is 3.78. The van der Waals surface area contributed by atoms with Gasteiger partial charge in [-0.2, -0.15) is 0 Å². The number of carbonyl (C=O) groups is 1. The normalized spacial score (nSPS) is 28.5. The molecule has 2 fully saturated rings. The minimum atomic E-state index is -0.303. The number of rotatable bonds is 4. The number of benzene rings is 1. The van der Waals surface area contributed by atoms with Gasteiger partial charge >= 0.3 is 6.03 Å². The zero-order valence-corrected chi connectivity index (χ0v) is 12.1. The minimum Gasteiger partial charge on any atom is -0.350 e. The van der Waals surface area contributed by atoms with E-state index in [1.165, 1.54) is 5.56 Å². The van der Waals surface area contributed by atoms with Crippen molar-refractivity contribution in [3.05, 3.63) is 35.9 Å². The van der Waals surface area contributed by atoms with E-state index in [9.17, 15) is 4.79 Å². The largest absolute Gasteiger partial charge is 0.350 e. The first-order valence-corrected chi connectivity index (χ1v) is 7.70. The number of hydroxylamine groups is 1. The lowest BCUT2D eigenvalue weighted by molar-refractivity contribution is -0.186. The molecular weight excluding hydrogens is 268 g/mol. The number of carbonyl (C=O) groups excluding carboxylic acids is 1. The van der Waals surface area contributed by atoms with E-state index in [4.69, 9.17) is 9.57 Å². The van der Waals surface area contributed by atoms with Gasteiger partial charge in [0.1, 0.15) is 0 Å². The number of nitrogens with one attached hydrogen (secondary N) is 2. The summed E-state index contributed by atoms with van der Waals surface area (Å²) in [7, 11) is 0. The molecule has 1 aromatic rings. The molecule has 1 saturated carbocycles. The van der Waals surface area contributed by atoms with Crippen molar-refractivity contribution < 1.29 is 14.4 Å². The van der Waals surface area contributed by atoms with Crippen LogP contribution in [0, 0.1) is 0 Å². The molecule has 0 spiro atoms. The topological polar surface area (TPSA) is 59.6 Å². The van der Waals surface area contributed by atoms with Gasteiger partial charge in [0.15, 0.2) is 6.29 Å². The molecule has 1 unspecified atom stereocenters. The maximum atomic E-state index is 11.7. The Hall–Kier alpha value is -1.59. The Kier molecular flexibility index (Phi) is 4.72. The summed E-state index contributed by atoms with van der Waals surface area (Å²) in [5.74, 6) is 0.555. The van der Waals surface area contributed by atoms with Crippen LogP contribution in [0.1, 0.15) is 43.6 Å². The maximum absolute atomic E-state index is 11.7. The predicted molar refractivity (Wildman–Crippen MR) is 78.5 cm³/mol. The van der Waals surface area contributed by atoms with Gasteiger partial charge in [-0.05, 0) is 37.2 Å². The van der Waals surface area contributed by atoms with Crippen LogP contribution in [0.2, 0.25) is 0 Å². The second-order valence-electron chi connectivity index (χ2n) is 5.77. The summed E-state index contributed by atoms with van der Waals surface area (Å²) < 4.78 is 5.38. The third-order valence-corrected chi connectivity index (χ3v) is 4.17. The van der Waals surface area contributed by atoms with E-state index < -0.39 is 0 Å². The van der Waals surface area contributed by atoms with Crippen LogP contribution in [0.4, 0.5) is 4.79 Å². The zero-order chi connectivity index (χ0) is 14.5. The summed E-state index contributed by atoms with van der Waals surface area (Å²) in [6.07, 6.45) is 4.64. The first-order chi connectivity index (χ1) is 10.3. The highest BCUT2D eigenvalue weighted by atomic mass is 16.8. The van der Waals surface area contributed by atoms with E-state index in [1.807, 2.05) is 6.07 Å². The van der Waals surface area contributed by atoms with Crippen molar-refractivity contribution in [3.63, 3.8) is 0 Å². The molecule has 1 aliphatic carbocycles. The predicted octanol–water partition coefficient (Wildman–Crippen LogP) is 2.69. The van der Waals surface area contributed by atoms with Gasteiger partial charge in [-0.15, -0.1) is 0 Å². The Balaban J connectivity index is 1.33. The summed E-state index contributed by atoms with van der Waals surface area (Å²) in [4.78, 5) is 17.0. The van der Waals surface area contributed by atoms with Gasteiger partial charge in [-0.25, -0.2) is 15.1 Å². The Labute approximate surface area is 125 Å². The van der Waals surface area contributed by atoms with Crippen LogP contribution < -0.4 is 10.8 Å². The molecule has 2 amide bonds. The van der Waals surface area contributed by atoms with Gasteiger partial charge in [-0.1, -0.05) is 30.3 Å². The van der Waals surface area contributed by atoms with Crippen molar-refractivity contribution in [1.29, 1.82) is 0 Å². The Morgan fingerprint density at radius 3 is 2.71 bits per heavy atom. The fourth-order valence-electron chi connectivity index (χ4n) is 2.87. The van der Waals surface area contributed by atoms with Crippen molar-refractivity contribution >= 4 is 6.03 Å². The van der Waals surface area contributed by atoms with Crippen molar-refractivity contribution in [2.75, 3.05) is 6.61 Å². The highest BCUT2D eigenvalue weighted by Gasteiger charge is 2.31. The summed E-state index contributed by atoms with van der Waals surface area (Å²) in [5, 5.41) is 2.93. The van der Waals surface area contributed by atoms with E-state index in [0.29, 0.717) is 12.5 Å². The SMILES string of the molecule is O=C(NOC1CCCCO1)NC1CC(c2ccccc2)C1. The van der Waals surface area contributed by atoms with Gasteiger partial charge in [0.25, 0.3) is 0 Å². The lowest BCUT2D eigenvalue weighted by Crippen LogP contribution is -2.48. The number of hydrogen-bond donors (Lipinski definition) is 2. The van der Waals surface area contributed by atoms with Crippen LogP contribution in [0.15, 0.2) is 30.3 Å². The molecule has 1 atom stereocenters. The monoisotopic (exact) mass is 290 g/mol. The summed E-state index contributed by atoms with van der Waals surface area (Å²) in [6.45, 7) is 0.704. The highest BCUT2D eigenvalue weighted by Crippen LogP contribution is 2.36. The molecule has 5 heteroatoms. The fraction of sp³-hybridized carbons (Fsp3) is 0.562. The van der Waals surface area contributed by atoms with Crippen LogP contribution in [-0.4, -0.2) is 25.0 Å². The standard InChI is InChI=1S/C16H22N2O3/c19-16(18-21-15-8-4-5-9-20-15)17-14-10-13(11-14)12-6-2-1-3-7-12/h1-3,6-7,13-15H,4-5,8-11H2,(H2,17,18,19). The van der Waals surface area contributed by atoms with Crippen LogP contribution in [0.25, 0.3) is 0 Å². The van der Waals surface area contributed by atoms with E-state index in [2.05, 4.69) is 35.1 Å². The van der Waals surface area contributed by atoms with Crippen molar-refractivity contribution in [2.45, 2.75) is 50.4 Å². The van der Waals surface area contributed by atoms with E-state index in [0.717, 1.165) is 32.1 Å². The average Bonchev–Trinajstić information content (AvgIpc) is 2.50. The molecule has 0 bridgehead atoms. The second kappa shape index (κ2) is 6.91. The summed E-state index contributed by atoms with van der Waals surface area (Å²) >= 11 is 0. The fourth-order valence-corrected chi connectivity index (χ4v) is 2.87. The number of ether oxygens (including phenoxy) is 1. The zero-order valence-electron chi connectivity index (χ0n) is 12.1. The van der Waals surface area contributed by atoms with E-state index >= 15 is 0 Å². The molecule has 21 heavy (non-hydrogen) atoms. The van der Waals surface area contributed by atoms with E-state index in [-0.39, 0.29) is 18.4 Å². The van der Waals surface area contributed by atoms with Crippen LogP contribution in [0.5, 0.6) is 0 Å². The van der Waals surface area contributed by atoms with Gasteiger partial charge in [0.2, 0.25) is 0 Å². The minimum absolute atomic E-state index is 0.228. The molecule has 1 aromatic carbocycles. The number of urea groups is 1. The van der Waals surface area contributed by atoms with Gasteiger partial charge < -0.3 is 10.1 Å². The van der Waals surface area contributed by atoms with Gasteiger partial charge in [0, 0.05) is 19.1 Å². The molecule has 1 aliphatic heterocycles. The van der Waals surface area contributed by atoms with Crippen LogP contribution in [-0.2, 0) is 9.57 Å². The average molecular weight is 290 g/mol. The summed E-state index contributed by atoms with van der Waals surface area (Å²) in [6, 6.07) is 10.4. The van der Waals surface area contributed by atoms with Crippen molar-refractivity contribution in [3.8, 4) is 0 Å². The van der Waals surface area contributed by atoms with Crippen molar-refractivity contribution in [1.82, 2.24) is 10.8 Å². The highest BCUT2D eigenvalue weighted by molar-refractivity contribution is 5.73. The molecule has 0 radical (unpaired) electrons. The Morgan fingerprint density at radius 2 is 2.00 bits per heavy atom. The molecule has 1 heterocycles.